The number of H-pyrrole nitrogens is 1. The molecule has 1 amide bonds. The molecule has 0 bridgehead atoms. The molecule has 108 valence electrons. The fourth-order valence-corrected chi connectivity index (χ4v) is 3.30. The van der Waals surface area contributed by atoms with E-state index in [0.29, 0.717) is 5.57 Å². The number of rotatable bonds is 1. The average molecular weight is 354 g/mol. The lowest BCUT2D eigenvalue weighted by Gasteiger charge is -2.07. The molecule has 22 heavy (non-hydrogen) atoms. The van der Waals surface area contributed by atoms with E-state index in [2.05, 4.69) is 31.2 Å². The highest BCUT2D eigenvalue weighted by Gasteiger charge is 2.27. The van der Waals surface area contributed by atoms with Crippen LogP contribution in [0.4, 0.5) is 5.69 Å². The first-order valence-electron chi connectivity index (χ1n) is 6.90. The van der Waals surface area contributed by atoms with Crippen LogP contribution < -0.4 is 5.32 Å². The Kier molecular flexibility index (Phi) is 2.90. The number of fused-ring (bicyclic) bond motifs is 2. The van der Waals surface area contributed by atoms with Crippen molar-refractivity contribution in [1.29, 1.82) is 0 Å². The lowest BCUT2D eigenvalue weighted by atomic mass is 9.96. The predicted octanol–water partition coefficient (Wildman–Crippen LogP) is 4.21. The first-order chi connectivity index (χ1) is 10.6. The van der Waals surface area contributed by atoms with E-state index in [0.717, 1.165) is 37.9 Å². The van der Waals surface area contributed by atoms with E-state index in [4.69, 9.17) is 0 Å². The van der Waals surface area contributed by atoms with Crippen LogP contribution >= 0.6 is 15.9 Å². The van der Waals surface area contributed by atoms with Gasteiger partial charge in [-0.1, -0.05) is 15.9 Å². The zero-order valence-electron chi connectivity index (χ0n) is 11.8. The van der Waals surface area contributed by atoms with Crippen LogP contribution in [-0.4, -0.2) is 15.9 Å². The Morgan fingerprint density at radius 3 is 2.95 bits per heavy atom. The Bertz CT molecular complexity index is 955. The molecular formula is C17H12BrN3O. The number of carbonyl (C=O) groups excluding carboxylic acids is 1. The van der Waals surface area contributed by atoms with E-state index in [1.807, 2.05) is 43.5 Å². The maximum atomic E-state index is 12.4. The summed E-state index contributed by atoms with van der Waals surface area (Å²) >= 11 is 3.47. The second-order valence-corrected chi connectivity index (χ2v) is 6.16. The molecule has 1 aliphatic heterocycles. The van der Waals surface area contributed by atoms with E-state index >= 15 is 0 Å². The van der Waals surface area contributed by atoms with Crippen LogP contribution in [0.15, 0.2) is 47.2 Å². The number of carbonyl (C=O) groups is 1. The molecule has 0 unspecified atom stereocenters. The maximum absolute atomic E-state index is 12.4. The monoisotopic (exact) mass is 353 g/mol. The van der Waals surface area contributed by atoms with Gasteiger partial charge in [0.2, 0.25) is 0 Å². The zero-order valence-corrected chi connectivity index (χ0v) is 13.4. The lowest BCUT2D eigenvalue weighted by molar-refractivity contribution is -0.110. The minimum atomic E-state index is -0.0638. The first kappa shape index (κ1) is 13.3. The second kappa shape index (κ2) is 4.81. The zero-order chi connectivity index (χ0) is 15.3. The summed E-state index contributed by atoms with van der Waals surface area (Å²) < 4.78 is 0.953. The minimum Gasteiger partial charge on any atom is -0.346 e. The van der Waals surface area contributed by atoms with Crippen molar-refractivity contribution in [2.45, 2.75) is 6.92 Å². The Morgan fingerprint density at radius 1 is 1.23 bits per heavy atom. The highest BCUT2D eigenvalue weighted by Crippen LogP contribution is 2.39. The normalized spacial score (nSPS) is 15.8. The molecule has 0 spiro atoms. The van der Waals surface area contributed by atoms with Crippen molar-refractivity contribution in [2.24, 2.45) is 0 Å². The molecule has 0 saturated heterocycles. The van der Waals surface area contributed by atoms with Crippen molar-refractivity contribution in [2.75, 3.05) is 5.32 Å². The molecule has 0 aliphatic carbocycles. The molecule has 0 radical (unpaired) electrons. The van der Waals surface area contributed by atoms with Crippen molar-refractivity contribution in [3.8, 4) is 0 Å². The van der Waals surface area contributed by atoms with Gasteiger partial charge in [0.05, 0.1) is 5.57 Å². The van der Waals surface area contributed by atoms with Crippen molar-refractivity contribution < 1.29 is 4.79 Å². The third-order valence-corrected chi connectivity index (χ3v) is 4.46. The summed E-state index contributed by atoms with van der Waals surface area (Å²) in [7, 11) is 0. The molecule has 0 saturated carbocycles. The topological polar surface area (TPSA) is 57.8 Å². The molecule has 1 aliphatic rings. The minimum absolute atomic E-state index is 0.0638. The molecule has 3 aromatic rings. The van der Waals surface area contributed by atoms with Crippen LogP contribution in [0.2, 0.25) is 0 Å². The van der Waals surface area contributed by atoms with Gasteiger partial charge >= 0.3 is 0 Å². The van der Waals surface area contributed by atoms with Gasteiger partial charge in [0.25, 0.3) is 5.91 Å². The number of aromatic amines is 1. The maximum Gasteiger partial charge on any atom is 0.256 e. The molecule has 4 rings (SSSR count). The molecule has 1 aromatic carbocycles. The lowest BCUT2D eigenvalue weighted by Crippen LogP contribution is -2.05. The van der Waals surface area contributed by atoms with Gasteiger partial charge in [0.1, 0.15) is 5.65 Å². The highest BCUT2D eigenvalue weighted by atomic mass is 79.9. The molecule has 0 atom stereocenters. The van der Waals surface area contributed by atoms with Crippen LogP contribution in [0.3, 0.4) is 0 Å². The van der Waals surface area contributed by atoms with Crippen LogP contribution in [0.1, 0.15) is 18.1 Å². The Morgan fingerprint density at radius 2 is 2.09 bits per heavy atom. The van der Waals surface area contributed by atoms with Crippen LogP contribution in [0.5, 0.6) is 0 Å². The number of hydrogen-bond acceptors (Lipinski definition) is 2. The van der Waals surface area contributed by atoms with Gasteiger partial charge in [-0.25, -0.2) is 4.98 Å². The highest BCUT2D eigenvalue weighted by molar-refractivity contribution is 9.10. The molecule has 4 nitrogen and oxygen atoms in total. The quantitative estimate of drug-likeness (QED) is 0.644. The van der Waals surface area contributed by atoms with Gasteiger partial charge in [-0.2, -0.15) is 0 Å². The van der Waals surface area contributed by atoms with Gasteiger partial charge in [0.15, 0.2) is 0 Å². The second-order valence-electron chi connectivity index (χ2n) is 5.24. The summed E-state index contributed by atoms with van der Waals surface area (Å²) in [6.45, 7) is 1.98. The Labute approximate surface area is 135 Å². The van der Waals surface area contributed by atoms with Gasteiger partial charge in [-0.3, -0.25) is 4.79 Å². The van der Waals surface area contributed by atoms with Gasteiger partial charge in [-0.15, -0.1) is 0 Å². The van der Waals surface area contributed by atoms with Crippen LogP contribution in [0.25, 0.3) is 22.2 Å². The van der Waals surface area contributed by atoms with Gasteiger partial charge < -0.3 is 10.3 Å². The van der Waals surface area contributed by atoms with Crippen LogP contribution in [-0.2, 0) is 4.79 Å². The van der Waals surface area contributed by atoms with Crippen molar-refractivity contribution in [1.82, 2.24) is 9.97 Å². The number of halogens is 1. The number of amides is 1. The molecule has 5 heteroatoms. The third-order valence-electron chi connectivity index (χ3n) is 3.97. The SMILES string of the molecule is CC(=C1C(=O)Nc2ccc(Br)cc21)c1ccnc2[nH]ccc12. The molecule has 3 heterocycles. The Balaban J connectivity index is 2.00. The largest absolute Gasteiger partial charge is 0.346 e. The number of nitrogens with one attached hydrogen (secondary N) is 2. The van der Waals surface area contributed by atoms with E-state index < -0.39 is 0 Å². The molecule has 2 aromatic heterocycles. The predicted molar refractivity (Wildman–Crippen MR) is 91.4 cm³/mol. The van der Waals surface area contributed by atoms with E-state index in [9.17, 15) is 4.79 Å². The van der Waals surface area contributed by atoms with Gasteiger partial charge in [0, 0.05) is 33.5 Å². The fourth-order valence-electron chi connectivity index (χ4n) is 2.93. The van der Waals surface area contributed by atoms with Crippen molar-refractivity contribution in [3.05, 3.63) is 58.3 Å². The summed E-state index contributed by atoms with van der Waals surface area (Å²) in [6, 6.07) is 9.74. The average Bonchev–Trinajstić information content (AvgIpc) is 3.09. The molecular weight excluding hydrogens is 342 g/mol. The summed E-state index contributed by atoms with van der Waals surface area (Å²) in [6.07, 6.45) is 3.62. The number of benzene rings is 1. The molecule has 0 fully saturated rings. The number of nitrogens with zero attached hydrogens (tertiary/aromatic N) is 1. The van der Waals surface area contributed by atoms with Crippen molar-refractivity contribution >= 4 is 49.7 Å². The summed E-state index contributed by atoms with van der Waals surface area (Å²) in [5.41, 5.74) is 5.28. The van der Waals surface area contributed by atoms with E-state index in [1.165, 1.54) is 0 Å². The standard InChI is InChI=1S/C17H12BrN3O/c1-9(11-4-6-19-16-12(11)5-7-20-16)15-13-8-10(18)2-3-14(13)21-17(15)22/h2-8H,1H3,(H,19,20)(H,21,22). The third kappa shape index (κ3) is 1.89. The summed E-state index contributed by atoms with van der Waals surface area (Å²) in [5, 5.41) is 3.94. The van der Waals surface area contributed by atoms with Crippen LogP contribution in [0, 0.1) is 0 Å². The fraction of sp³-hybridized carbons (Fsp3) is 0.0588. The Hall–Kier alpha value is -2.40. The van der Waals surface area contributed by atoms with E-state index in [1.54, 1.807) is 6.20 Å². The van der Waals surface area contributed by atoms with E-state index in [-0.39, 0.29) is 5.91 Å². The number of anilines is 1. The summed E-state index contributed by atoms with van der Waals surface area (Å²) in [5.74, 6) is -0.0638. The molecule has 2 N–H and O–H groups in total. The summed E-state index contributed by atoms with van der Waals surface area (Å²) in [4.78, 5) is 19.8. The number of allylic oxidation sites excluding steroid dienone is 1. The number of pyridine rings is 1. The number of hydrogen-bond donors (Lipinski definition) is 2. The van der Waals surface area contributed by atoms with Gasteiger partial charge in [-0.05, 0) is 48.4 Å². The smallest absolute Gasteiger partial charge is 0.256 e. The number of aromatic nitrogens is 2. The van der Waals surface area contributed by atoms with Crippen molar-refractivity contribution in [3.63, 3.8) is 0 Å². The first-order valence-corrected chi connectivity index (χ1v) is 7.69.